The highest BCUT2D eigenvalue weighted by Crippen LogP contribution is 1.95. The maximum atomic E-state index is 9.75. The Morgan fingerprint density at radius 2 is 2.40 bits per heavy atom. The minimum absolute atomic E-state index is 0.120. The zero-order chi connectivity index (χ0) is 7.82. The van der Waals surface area contributed by atoms with Crippen molar-refractivity contribution in [2.75, 3.05) is 0 Å². The van der Waals surface area contributed by atoms with Crippen LogP contribution in [-0.2, 0) is 4.79 Å². The zero-order valence-corrected chi connectivity index (χ0v) is 6.26. The van der Waals surface area contributed by atoms with E-state index in [4.69, 9.17) is 5.73 Å². The van der Waals surface area contributed by atoms with E-state index < -0.39 is 0 Å². The molecule has 0 aromatic rings. The van der Waals surface area contributed by atoms with Crippen LogP contribution in [0.3, 0.4) is 0 Å². The van der Waals surface area contributed by atoms with Crippen LogP contribution in [0.5, 0.6) is 0 Å². The summed E-state index contributed by atoms with van der Waals surface area (Å²) >= 11 is 0. The molecule has 0 fully saturated rings. The highest BCUT2D eigenvalue weighted by molar-refractivity contribution is 5.72. The second-order valence-corrected chi connectivity index (χ2v) is 2.16. The Hall–Kier alpha value is -0.810. The first-order chi connectivity index (χ1) is 4.81. The van der Waals surface area contributed by atoms with Gasteiger partial charge in [-0.15, -0.1) is 0 Å². The van der Waals surface area contributed by atoms with Crippen LogP contribution in [-0.4, -0.2) is 12.3 Å². The van der Waals surface area contributed by atoms with Crippen LogP contribution in [0.25, 0.3) is 0 Å². The van der Waals surface area contributed by atoms with Gasteiger partial charge in [0.25, 0.3) is 0 Å². The largest absolute Gasteiger partial charge is 0.318 e. The van der Waals surface area contributed by atoms with Crippen LogP contribution < -0.4 is 5.73 Å². The predicted molar refractivity (Wildman–Crippen MR) is 41.3 cm³/mol. The minimum Gasteiger partial charge on any atom is -0.318 e. The molecule has 10 heavy (non-hydrogen) atoms. The molecule has 0 aliphatic rings. The lowest BCUT2D eigenvalue weighted by atomic mass is 10.1. The third-order valence-electron chi connectivity index (χ3n) is 1.20. The summed E-state index contributed by atoms with van der Waals surface area (Å²) in [5.74, 6) is 4.93. The minimum atomic E-state index is -0.120. The summed E-state index contributed by atoms with van der Waals surface area (Å²) in [6.07, 6.45) is 3.66. The molecule has 0 saturated heterocycles. The monoisotopic (exact) mass is 139 g/mol. The van der Waals surface area contributed by atoms with Crippen LogP contribution in [0, 0.1) is 11.8 Å². The molecule has 1 unspecified atom stereocenters. The van der Waals surface area contributed by atoms with Gasteiger partial charge in [-0.05, 0) is 12.3 Å². The highest BCUT2D eigenvalue weighted by atomic mass is 16.1. The third-order valence-corrected chi connectivity index (χ3v) is 1.20. The maximum Gasteiger partial charge on any atom is 0.192 e. The Balaban J connectivity index is 3.42. The molecule has 0 bridgehead atoms. The summed E-state index contributed by atoms with van der Waals surface area (Å²) in [6.45, 7) is 2.10. The zero-order valence-electron chi connectivity index (χ0n) is 6.26. The lowest BCUT2D eigenvalue weighted by molar-refractivity contribution is -0.103. The fourth-order valence-electron chi connectivity index (χ4n) is 0.637. The average Bonchev–Trinajstić information content (AvgIpc) is 1.97. The molecule has 0 saturated carbocycles. The van der Waals surface area contributed by atoms with Gasteiger partial charge in [-0.1, -0.05) is 25.7 Å². The van der Waals surface area contributed by atoms with Crippen LogP contribution >= 0.6 is 0 Å². The van der Waals surface area contributed by atoms with Gasteiger partial charge in [-0.3, -0.25) is 4.79 Å². The molecule has 0 heterocycles. The number of nitrogens with two attached hydrogens (primary N) is 1. The van der Waals surface area contributed by atoms with Crippen LogP contribution in [0.1, 0.15) is 26.2 Å². The fraction of sp³-hybridized carbons (Fsp3) is 0.625. The van der Waals surface area contributed by atoms with Gasteiger partial charge in [0.05, 0.1) is 6.04 Å². The summed E-state index contributed by atoms with van der Waals surface area (Å²) in [5, 5.41) is 0. The van der Waals surface area contributed by atoms with Gasteiger partial charge in [0.2, 0.25) is 0 Å². The van der Waals surface area contributed by atoms with Crippen LogP contribution in [0.2, 0.25) is 0 Å². The highest BCUT2D eigenvalue weighted by Gasteiger charge is 1.93. The first-order valence-corrected chi connectivity index (χ1v) is 3.51. The number of rotatable bonds is 3. The quantitative estimate of drug-likeness (QED) is 0.462. The van der Waals surface area contributed by atoms with Crippen molar-refractivity contribution in [1.29, 1.82) is 0 Å². The van der Waals surface area contributed by atoms with Gasteiger partial charge in [0.15, 0.2) is 6.29 Å². The Bertz CT molecular complexity index is 143. The molecule has 0 aromatic heterocycles. The van der Waals surface area contributed by atoms with Crippen molar-refractivity contribution in [3.63, 3.8) is 0 Å². The van der Waals surface area contributed by atoms with E-state index in [0.717, 1.165) is 19.3 Å². The molecule has 0 rings (SSSR count). The molecule has 56 valence electrons. The summed E-state index contributed by atoms with van der Waals surface area (Å²) in [5.41, 5.74) is 5.51. The van der Waals surface area contributed by atoms with E-state index in [-0.39, 0.29) is 6.04 Å². The summed E-state index contributed by atoms with van der Waals surface area (Å²) in [4.78, 5) is 9.75. The first-order valence-electron chi connectivity index (χ1n) is 3.51. The molecule has 1 atom stereocenters. The van der Waals surface area contributed by atoms with E-state index in [9.17, 15) is 4.79 Å². The van der Waals surface area contributed by atoms with E-state index in [2.05, 4.69) is 18.8 Å². The Morgan fingerprint density at radius 3 is 2.90 bits per heavy atom. The maximum absolute atomic E-state index is 9.75. The second kappa shape index (κ2) is 6.31. The Labute approximate surface area is 61.8 Å². The normalized spacial score (nSPS) is 11.4. The molecule has 2 heteroatoms. The van der Waals surface area contributed by atoms with E-state index in [1.807, 2.05) is 0 Å². The second-order valence-electron chi connectivity index (χ2n) is 2.16. The molecule has 0 radical (unpaired) electrons. The summed E-state index contributed by atoms with van der Waals surface area (Å²) in [7, 11) is 0. The van der Waals surface area contributed by atoms with Crippen LogP contribution in [0.15, 0.2) is 0 Å². The van der Waals surface area contributed by atoms with Crippen molar-refractivity contribution in [2.24, 2.45) is 5.73 Å². The van der Waals surface area contributed by atoms with E-state index in [1.54, 1.807) is 0 Å². The molecular formula is C8H13NO. The van der Waals surface area contributed by atoms with Crippen molar-refractivity contribution in [2.45, 2.75) is 32.2 Å². The van der Waals surface area contributed by atoms with Crippen molar-refractivity contribution >= 4 is 6.29 Å². The first kappa shape index (κ1) is 9.19. The van der Waals surface area contributed by atoms with E-state index >= 15 is 0 Å². The smallest absolute Gasteiger partial charge is 0.192 e. The average molecular weight is 139 g/mol. The number of aldehydes is 1. The Morgan fingerprint density at radius 1 is 1.70 bits per heavy atom. The molecule has 0 amide bonds. The number of hydrogen-bond acceptors (Lipinski definition) is 2. The number of carbonyl (C=O) groups excluding carboxylic acids is 1. The number of hydrogen-bond donors (Lipinski definition) is 1. The molecule has 2 nitrogen and oxygen atoms in total. The topological polar surface area (TPSA) is 43.1 Å². The summed E-state index contributed by atoms with van der Waals surface area (Å²) in [6, 6.07) is -0.120. The fourth-order valence-corrected chi connectivity index (χ4v) is 0.637. The van der Waals surface area contributed by atoms with Gasteiger partial charge in [0.1, 0.15) is 0 Å². The molecule has 0 aliphatic carbocycles. The van der Waals surface area contributed by atoms with Gasteiger partial charge in [-0.2, -0.15) is 0 Å². The summed E-state index contributed by atoms with van der Waals surface area (Å²) < 4.78 is 0. The molecule has 0 aliphatic heterocycles. The Kier molecular flexibility index (Phi) is 5.80. The van der Waals surface area contributed by atoms with Crippen molar-refractivity contribution in [3.8, 4) is 11.8 Å². The van der Waals surface area contributed by atoms with Gasteiger partial charge in [-0.25, -0.2) is 0 Å². The SMILES string of the molecule is CCCCC(N)C#CC=O. The molecular weight excluding hydrogens is 126 g/mol. The van der Waals surface area contributed by atoms with Gasteiger partial charge in [0, 0.05) is 0 Å². The molecule has 0 spiro atoms. The lowest BCUT2D eigenvalue weighted by Gasteiger charge is -1.99. The van der Waals surface area contributed by atoms with E-state index in [0.29, 0.717) is 6.29 Å². The standard InChI is InChI=1S/C8H13NO/c1-2-3-5-8(9)6-4-7-10/h7-8H,2-3,5,9H2,1H3. The predicted octanol–water partition coefficient (Wildman–Crippen LogP) is 0.706. The number of unbranched alkanes of at least 4 members (excludes halogenated alkanes) is 1. The lowest BCUT2D eigenvalue weighted by Crippen LogP contribution is -2.16. The van der Waals surface area contributed by atoms with Crippen molar-refractivity contribution in [1.82, 2.24) is 0 Å². The molecule has 2 N–H and O–H groups in total. The number of carbonyl (C=O) groups is 1. The third kappa shape index (κ3) is 5.33. The van der Waals surface area contributed by atoms with Crippen LogP contribution in [0.4, 0.5) is 0 Å². The van der Waals surface area contributed by atoms with E-state index in [1.165, 1.54) is 0 Å². The molecule has 0 aromatic carbocycles. The van der Waals surface area contributed by atoms with Gasteiger partial charge < -0.3 is 5.73 Å². The van der Waals surface area contributed by atoms with Gasteiger partial charge >= 0.3 is 0 Å². The van der Waals surface area contributed by atoms with Crippen molar-refractivity contribution in [3.05, 3.63) is 0 Å². The van der Waals surface area contributed by atoms with Crippen molar-refractivity contribution < 1.29 is 4.79 Å².